The Morgan fingerprint density at radius 2 is 1.64 bits per heavy atom. The number of carbonyl (C=O) groups is 2. The number of urea groups is 1. The summed E-state index contributed by atoms with van der Waals surface area (Å²) in [6.07, 6.45) is 0. The Bertz CT molecular complexity index is 984. The molecule has 7 heteroatoms. The zero-order valence-corrected chi connectivity index (χ0v) is 13.8. The molecule has 0 aliphatic rings. The van der Waals surface area contributed by atoms with E-state index in [1.165, 1.54) is 0 Å². The minimum atomic E-state index is -0.649. The van der Waals surface area contributed by atoms with Crippen LogP contribution in [-0.2, 0) is 0 Å². The van der Waals surface area contributed by atoms with Crippen LogP contribution in [0.3, 0.4) is 0 Å². The number of para-hydroxylation sites is 1. The van der Waals surface area contributed by atoms with Crippen molar-refractivity contribution in [1.29, 1.82) is 0 Å². The highest BCUT2D eigenvalue weighted by Crippen LogP contribution is 2.17. The van der Waals surface area contributed by atoms with Gasteiger partial charge in [0.15, 0.2) is 0 Å². The molecule has 0 saturated carbocycles. The largest absolute Gasteiger partial charge is 0.398 e. The molecule has 0 saturated heterocycles. The van der Waals surface area contributed by atoms with Crippen molar-refractivity contribution >= 4 is 34.3 Å². The van der Waals surface area contributed by atoms with E-state index in [4.69, 9.17) is 5.73 Å². The zero-order valence-electron chi connectivity index (χ0n) is 13.8. The first-order valence-electron chi connectivity index (χ1n) is 7.66. The molecule has 1 aromatic heterocycles. The number of imide groups is 1. The van der Waals surface area contributed by atoms with Crippen LogP contribution in [0.1, 0.15) is 21.7 Å². The maximum atomic E-state index is 12.1. The molecular weight excluding hydrogens is 318 g/mol. The number of nitrogens with zero attached hydrogens (tertiary/aromatic N) is 2. The SMILES string of the molecule is Cc1nc2ccc(NC(=O)NC(=O)c3ccccc3N)cc2nc1C. The summed E-state index contributed by atoms with van der Waals surface area (Å²) in [5, 5.41) is 4.86. The molecule has 25 heavy (non-hydrogen) atoms. The lowest BCUT2D eigenvalue weighted by Crippen LogP contribution is -2.34. The number of nitrogens with two attached hydrogens (primary N) is 1. The fourth-order valence-electron chi connectivity index (χ4n) is 2.35. The van der Waals surface area contributed by atoms with E-state index in [0.717, 1.165) is 16.9 Å². The molecule has 3 amide bonds. The lowest BCUT2D eigenvalue weighted by Gasteiger charge is -2.09. The molecule has 1 heterocycles. The molecule has 0 fully saturated rings. The van der Waals surface area contributed by atoms with Gasteiger partial charge in [-0.05, 0) is 44.2 Å². The molecule has 0 unspecified atom stereocenters. The molecule has 126 valence electrons. The number of hydrogen-bond donors (Lipinski definition) is 3. The number of aryl methyl sites for hydroxylation is 2. The molecule has 7 nitrogen and oxygen atoms in total. The average molecular weight is 335 g/mol. The predicted octanol–water partition coefficient (Wildman–Crippen LogP) is 2.79. The summed E-state index contributed by atoms with van der Waals surface area (Å²) in [6.45, 7) is 3.76. The van der Waals surface area contributed by atoms with E-state index in [1.54, 1.807) is 42.5 Å². The van der Waals surface area contributed by atoms with Gasteiger partial charge in [0.25, 0.3) is 5.91 Å². The summed E-state index contributed by atoms with van der Waals surface area (Å²) in [7, 11) is 0. The number of benzene rings is 2. The minimum absolute atomic E-state index is 0.244. The highest BCUT2D eigenvalue weighted by Gasteiger charge is 2.13. The summed E-state index contributed by atoms with van der Waals surface area (Å²) in [4.78, 5) is 33.0. The van der Waals surface area contributed by atoms with E-state index in [0.29, 0.717) is 16.9 Å². The molecular formula is C18H17N5O2. The van der Waals surface area contributed by atoms with Gasteiger partial charge in [-0.3, -0.25) is 10.1 Å². The number of amides is 3. The van der Waals surface area contributed by atoms with Crippen LogP contribution in [0.4, 0.5) is 16.2 Å². The van der Waals surface area contributed by atoms with Gasteiger partial charge < -0.3 is 11.1 Å². The highest BCUT2D eigenvalue weighted by molar-refractivity contribution is 6.10. The van der Waals surface area contributed by atoms with Crippen LogP contribution in [-0.4, -0.2) is 21.9 Å². The zero-order chi connectivity index (χ0) is 18.0. The van der Waals surface area contributed by atoms with E-state index < -0.39 is 11.9 Å². The summed E-state index contributed by atoms with van der Waals surface area (Å²) in [5.41, 5.74) is 9.88. The van der Waals surface area contributed by atoms with Crippen molar-refractivity contribution in [2.45, 2.75) is 13.8 Å². The van der Waals surface area contributed by atoms with Gasteiger partial charge in [0.1, 0.15) is 0 Å². The highest BCUT2D eigenvalue weighted by atomic mass is 16.2. The Kier molecular flexibility index (Phi) is 4.30. The van der Waals surface area contributed by atoms with E-state index in [1.807, 2.05) is 13.8 Å². The van der Waals surface area contributed by atoms with Crippen LogP contribution >= 0.6 is 0 Å². The number of anilines is 2. The summed E-state index contributed by atoms with van der Waals surface area (Å²) in [6, 6.07) is 11.1. The second-order valence-electron chi connectivity index (χ2n) is 5.59. The molecule has 4 N–H and O–H groups in total. The second kappa shape index (κ2) is 6.56. The molecule has 3 aromatic rings. The molecule has 0 bridgehead atoms. The Morgan fingerprint density at radius 1 is 0.960 bits per heavy atom. The monoisotopic (exact) mass is 335 g/mol. The molecule has 0 aliphatic heterocycles. The summed E-state index contributed by atoms with van der Waals surface area (Å²) < 4.78 is 0. The predicted molar refractivity (Wildman–Crippen MR) is 96.4 cm³/mol. The number of nitrogens with one attached hydrogen (secondary N) is 2. The topological polar surface area (TPSA) is 110 Å². The fourth-order valence-corrected chi connectivity index (χ4v) is 2.35. The van der Waals surface area contributed by atoms with Crippen LogP contribution in [0.2, 0.25) is 0 Å². The van der Waals surface area contributed by atoms with Crippen molar-refractivity contribution in [3.63, 3.8) is 0 Å². The van der Waals surface area contributed by atoms with Crippen molar-refractivity contribution in [1.82, 2.24) is 15.3 Å². The first-order valence-corrected chi connectivity index (χ1v) is 7.66. The van der Waals surface area contributed by atoms with Gasteiger partial charge in [-0.1, -0.05) is 12.1 Å². The van der Waals surface area contributed by atoms with Crippen LogP contribution in [0.25, 0.3) is 11.0 Å². The number of carbonyl (C=O) groups excluding carboxylic acids is 2. The van der Waals surface area contributed by atoms with Gasteiger partial charge in [-0.2, -0.15) is 0 Å². The van der Waals surface area contributed by atoms with Gasteiger partial charge >= 0.3 is 6.03 Å². The van der Waals surface area contributed by atoms with Gasteiger partial charge in [-0.25, -0.2) is 14.8 Å². The van der Waals surface area contributed by atoms with E-state index in [-0.39, 0.29) is 5.56 Å². The Morgan fingerprint density at radius 3 is 2.36 bits per heavy atom. The van der Waals surface area contributed by atoms with Crippen molar-refractivity contribution in [2.24, 2.45) is 0 Å². The maximum absolute atomic E-state index is 12.1. The Hall–Kier alpha value is -3.48. The van der Waals surface area contributed by atoms with Crippen molar-refractivity contribution in [2.75, 3.05) is 11.1 Å². The van der Waals surface area contributed by atoms with Crippen molar-refractivity contribution < 1.29 is 9.59 Å². The van der Waals surface area contributed by atoms with Crippen molar-refractivity contribution in [3.05, 3.63) is 59.4 Å². The lowest BCUT2D eigenvalue weighted by atomic mass is 10.2. The van der Waals surface area contributed by atoms with Gasteiger partial charge in [0.2, 0.25) is 0 Å². The molecule has 0 aliphatic carbocycles. The number of aromatic nitrogens is 2. The molecule has 2 aromatic carbocycles. The first-order chi connectivity index (χ1) is 11.9. The third-order valence-corrected chi connectivity index (χ3v) is 3.77. The van der Waals surface area contributed by atoms with Crippen molar-refractivity contribution in [3.8, 4) is 0 Å². The summed E-state index contributed by atoms with van der Waals surface area (Å²) in [5.74, 6) is -0.567. The molecule has 0 spiro atoms. The number of hydrogen-bond acceptors (Lipinski definition) is 5. The third kappa shape index (κ3) is 3.55. The molecule has 0 radical (unpaired) electrons. The maximum Gasteiger partial charge on any atom is 0.326 e. The second-order valence-corrected chi connectivity index (χ2v) is 5.59. The van der Waals surface area contributed by atoms with Gasteiger partial charge in [0, 0.05) is 11.4 Å². The van der Waals surface area contributed by atoms with E-state index >= 15 is 0 Å². The minimum Gasteiger partial charge on any atom is -0.398 e. The summed E-state index contributed by atoms with van der Waals surface area (Å²) >= 11 is 0. The smallest absolute Gasteiger partial charge is 0.326 e. The van der Waals surface area contributed by atoms with Crippen LogP contribution in [0.15, 0.2) is 42.5 Å². The fraction of sp³-hybridized carbons (Fsp3) is 0.111. The van der Waals surface area contributed by atoms with Crippen LogP contribution < -0.4 is 16.4 Å². The first kappa shape index (κ1) is 16.4. The lowest BCUT2D eigenvalue weighted by molar-refractivity contribution is 0.0968. The quantitative estimate of drug-likeness (QED) is 0.624. The van der Waals surface area contributed by atoms with Gasteiger partial charge in [0.05, 0.1) is 28.0 Å². The number of fused-ring (bicyclic) bond motifs is 1. The average Bonchev–Trinajstić information content (AvgIpc) is 2.56. The Labute approximate surface area is 144 Å². The van der Waals surface area contributed by atoms with Gasteiger partial charge in [-0.15, -0.1) is 0 Å². The van der Waals surface area contributed by atoms with Crippen LogP contribution in [0, 0.1) is 13.8 Å². The van der Waals surface area contributed by atoms with E-state index in [9.17, 15) is 9.59 Å². The Balaban J connectivity index is 1.74. The normalized spacial score (nSPS) is 10.5. The number of nitrogen functional groups attached to an aromatic ring is 1. The standard InChI is InChI=1S/C18H17N5O2/c1-10-11(2)21-16-9-12(7-8-15(16)20-10)22-18(25)23-17(24)13-5-3-4-6-14(13)19/h3-9H,19H2,1-2H3,(H2,22,23,24,25). The third-order valence-electron chi connectivity index (χ3n) is 3.77. The van der Waals surface area contributed by atoms with Crippen LogP contribution in [0.5, 0.6) is 0 Å². The molecule has 3 rings (SSSR count). The van der Waals surface area contributed by atoms with E-state index in [2.05, 4.69) is 20.6 Å². The number of rotatable bonds is 2. The molecule has 0 atom stereocenters.